The van der Waals surface area contributed by atoms with Crippen molar-refractivity contribution >= 4 is 34.9 Å². The van der Waals surface area contributed by atoms with Crippen LogP contribution in [0.2, 0.25) is 0 Å². The summed E-state index contributed by atoms with van der Waals surface area (Å²) in [6.45, 7) is 2.03. The summed E-state index contributed by atoms with van der Waals surface area (Å²) in [6, 6.07) is 2.03. The van der Waals surface area contributed by atoms with E-state index in [4.69, 9.17) is 5.73 Å². The Labute approximate surface area is 80.3 Å². The van der Waals surface area contributed by atoms with Gasteiger partial charge in [-0.15, -0.1) is 11.3 Å². The molecule has 5 heteroatoms. The fourth-order valence-electron chi connectivity index (χ4n) is 0.671. The van der Waals surface area contributed by atoms with Gasteiger partial charge in [0.05, 0.1) is 6.21 Å². The van der Waals surface area contributed by atoms with E-state index in [9.17, 15) is 0 Å². The van der Waals surface area contributed by atoms with Crippen molar-refractivity contribution in [1.29, 1.82) is 0 Å². The van der Waals surface area contributed by atoms with Gasteiger partial charge in [0, 0.05) is 4.88 Å². The molecule has 0 amide bonds. The van der Waals surface area contributed by atoms with Crippen LogP contribution < -0.4 is 11.2 Å². The van der Waals surface area contributed by atoms with E-state index in [1.54, 1.807) is 17.6 Å². The van der Waals surface area contributed by atoms with Gasteiger partial charge in [-0.1, -0.05) is 0 Å². The molecule has 1 heterocycles. The molecule has 1 rings (SSSR count). The molecule has 1 aromatic heterocycles. The first-order valence-electron chi connectivity index (χ1n) is 3.33. The molecular weight excluding hydrogens is 190 g/mol. The molecule has 0 radical (unpaired) electrons. The molecule has 0 aliphatic carbocycles. The first-order chi connectivity index (χ1) is 5.70. The topological polar surface area (TPSA) is 50.4 Å². The predicted octanol–water partition coefficient (Wildman–Crippen LogP) is 1.22. The van der Waals surface area contributed by atoms with Gasteiger partial charge in [-0.3, -0.25) is 5.43 Å². The number of rotatable bonds is 2. The minimum absolute atomic E-state index is 0.181. The number of thiophene rings is 1. The number of nitrogens with zero attached hydrogens (tertiary/aromatic N) is 1. The zero-order valence-electron chi connectivity index (χ0n) is 6.57. The molecule has 0 bridgehead atoms. The summed E-state index contributed by atoms with van der Waals surface area (Å²) < 4.78 is 0. The quantitative estimate of drug-likeness (QED) is 0.428. The Morgan fingerprint density at radius 2 is 2.58 bits per heavy atom. The summed E-state index contributed by atoms with van der Waals surface area (Å²) in [5.41, 5.74) is 8.88. The van der Waals surface area contributed by atoms with Crippen molar-refractivity contribution in [2.24, 2.45) is 10.8 Å². The van der Waals surface area contributed by atoms with Gasteiger partial charge in [0.1, 0.15) is 0 Å². The predicted molar refractivity (Wildman–Crippen MR) is 56.6 cm³/mol. The van der Waals surface area contributed by atoms with Crippen molar-refractivity contribution < 1.29 is 0 Å². The highest BCUT2D eigenvalue weighted by Gasteiger charge is 1.93. The highest BCUT2D eigenvalue weighted by molar-refractivity contribution is 7.80. The average Bonchev–Trinajstić information content (AvgIpc) is 2.36. The number of hydrogen-bond donors (Lipinski definition) is 2. The Bertz CT molecular complexity index is 303. The molecule has 0 saturated carbocycles. The highest BCUT2D eigenvalue weighted by Crippen LogP contribution is 2.11. The van der Waals surface area contributed by atoms with Crippen LogP contribution in [0.1, 0.15) is 10.4 Å². The van der Waals surface area contributed by atoms with E-state index in [1.807, 2.05) is 18.4 Å². The third-order valence-electron chi connectivity index (χ3n) is 1.26. The lowest BCUT2D eigenvalue weighted by molar-refractivity contribution is 1.04. The van der Waals surface area contributed by atoms with Gasteiger partial charge < -0.3 is 5.73 Å². The van der Waals surface area contributed by atoms with Crippen LogP contribution in [0.15, 0.2) is 16.5 Å². The van der Waals surface area contributed by atoms with Crippen LogP contribution in [0.25, 0.3) is 0 Å². The molecule has 1 aromatic rings. The van der Waals surface area contributed by atoms with Gasteiger partial charge >= 0.3 is 0 Å². The van der Waals surface area contributed by atoms with Crippen LogP contribution in [0.4, 0.5) is 0 Å². The summed E-state index contributed by atoms with van der Waals surface area (Å²) in [6.07, 6.45) is 1.71. The van der Waals surface area contributed by atoms with Crippen molar-refractivity contribution in [2.75, 3.05) is 0 Å². The van der Waals surface area contributed by atoms with Crippen molar-refractivity contribution in [2.45, 2.75) is 6.92 Å². The number of thiocarbonyl (C=S) groups is 1. The normalized spacial score (nSPS) is 10.4. The minimum atomic E-state index is 0.181. The first kappa shape index (κ1) is 9.15. The second kappa shape index (κ2) is 4.18. The van der Waals surface area contributed by atoms with E-state index in [0.717, 1.165) is 4.88 Å². The third-order valence-corrected chi connectivity index (χ3v) is 2.30. The molecule has 0 spiro atoms. The van der Waals surface area contributed by atoms with E-state index < -0.39 is 0 Å². The van der Waals surface area contributed by atoms with E-state index in [-0.39, 0.29) is 5.11 Å². The monoisotopic (exact) mass is 199 g/mol. The second-order valence-electron chi connectivity index (χ2n) is 2.20. The maximum Gasteiger partial charge on any atom is 0.184 e. The number of nitrogens with one attached hydrogen (secondary N) is 1. The molecule has 0 aliphatic rings. The Morgan fingerprint density at radius 1 is 1.83 bits per heavy atom. The summed E-state index contributed by atoms with van der Waals surface area (Å²) in [5, 5.41) is 6.04. The number of hydrazone groups is 1. The SMILES string of the molecule is Cc1ccsc1/C=N\NC(N)=S. The molecule has 12 heavy (non-hydrogen) atoms. The lowest BCUT2D eigenvalue weighted by atomic mass is 10.3. The summed E-state index contributed by atoms with van der Waals surface area (Å²) >= 11 is 6.21. The Kier molecular flexibility index (Phi) is 3.19. The Balaban J connectivity index is 2.57. The van der Waals surface area contributed by atoms with E-state index >= 15 is 0 Å². The van der Waals surface area contributed by atoms with Crippen molar-refractivity contribution in [1.82, 2.24) is 5.43 Å². The van der Waals surface area contributed by atoms with Crippen LogP contribution in [0, 0.1) is 6.92 Å². The van der Waals surface area contributed by atoms with Gasteiger partial charge in [-0.05, 0) is 36.2 Å². The Hall–Kier alpha value is -0.940. The van der Waals surface area contributed by atoms with Gasteiger partial charge in [0.25, 0.3) is 0 Å². The van der Waals surface area contributed by atoms with Crippen LogP contribution in [0.3, 0.4) is 0 Å². The van der Waals surface area contributed by atoms with E-state index in [1.165, 1.54) is 5.56 Å². The van der Waals surface area contributed by atoms with Crippen LogP contribution in [0.5, 0.6) is 0 Å². The first-order valence-corrected chi connectivity index (χ1v) is 4.61. The average molecular weight is 199 g/mol. The standard InChI is InChI=1S/C7H9N3S2/c1-5-2-3-12-6(5)4-9-10-7(8)11/h2-4H,1H3,(H3,8,10,11)/b9-4-. The van der Waals surface area contributed by atoms with Crippen molar-refractivity contribution in [3.8, 4) is 0 Å². The fourth-order valence-corrected chi connectivity index (χ4v) is 1.51. The molecule has 0 unspecified atom stereocenters. The molecule has 0 fully saturated rings. The summed E-state index contributed by atoms with van der Waals surface area (Å²) in [7, 11) is 0. The summed E-state index contributed by atoms with van der Waals surface area (Å²) in [5.74, 6) is 0. The molecule has 64 valence electrons. The van der Waals surface area contributed by atoms with Gasteiger partial charge in [-0.2, -0.15) is 5.10 Å². The van der Waals surface area contributed by atoms with Gasteiger partial charge in [-0.25, -0.2) is 0 Å². The molecule has 0 aliphatic heterocycles. The van der Waals surface area contributed by atoms with E-state index in [0.29, 0.717) is 0 Å². The number of aryl methyl sites for hydroxylation is 1. The minimum Gasteiger partial charge on any atom is -0.375 e. The maximum absolute atomic E-state index is 5.18. The van der Waals surface area contributed by atoms with Crippen LogP contribution >= 0.6 is 23.6 Å². The second-order valence-corrected chi connectivity index (χ2v) is 3.59. The molecule has 0 atom stereocenters. The lowest BCUT2D eigenvalue weighted by Crippen LogP contribution is -2.23. The van der Waals surface area contributed by atoms with E-state index in [2.05, 4.69) is 22.7 Å². The number of nitrogens with two attached hydrogens (primary N) is 1. The molecular formula is C7H9N3S2. The number of hydrogen-bond acceptors (Lipinski definition) is 3. The Morgan fingerprint density at radius 3 is 3.08 bits per heavy atom. The lowest BCUT2D eigenvalue weighted by Gasteiger charge is -1.92. The van der Waals surface area contributed by atoms with Crippen molar-refractivity contribution in [3.63, 3.8) is 0 Å². The third kappa shape index (κ3) is 2.60. The largest absolute Gasteiger partial charge is 0.375 e. The van der Waals surface area contributed by atoms with Crippen LogP contribution in [-0.2, 0) is 0 Å². The highest BCUT2D eigenvalue weighted by atomic mass is 32.1. The van der Waals surface area contributed by atoms with Gasteiger partial charge in [0.2, 0.25) is 0 Å². The maximum atomic E-state index is 5.18. The van der Waals surface area contributed by atoms with Gasteiger partial charge in [0.15, 0.2) is 5.11 Å². The molecule has 3 nitrogen and oxygen atoms in total. The molecule has 0 aromatic carbocycles. The zero-order chi connectivity index (χ0) is 8.97. The summed E-state index contributed by atoms with van der Waals surface area (Å²) in [4.78, 5) is 1.11. The molecule has 3 N–H and O–H groups in total. The fraction of sp³-hybridized carbons (Fsp3) is 0.143. The zero-order valence-corrected chi connectivity index (χ0v) is 8.21. The smallest absolute Gasteiger partial charge is 0.184 e. The van der Waals surface area contributed by atoms with Crippen molar-refractivity contribution in [3.05, 3.63) is 21.9 Å². The van der Waals surface area contributed by atoms with Crippen LogP contribution in [-0.4, -0.2) is 11.3 Å². The molecule has 0 saturated heterocycles.